The van der Waals surface area contributed by atoms with Gasteiger partial charge in [-0.15, -0.1) is 0 Å². The van der Waals surface area contributed by atoms with Crippen LogP contribution < -0.4 is 15.4 Å². The maximum atomic E-state index is 12.6. The summed E-state index contributed by atoms with van der Waals surface area (Å²) in [6, 6.07) is 23.3. The number of hydrogen-bond donors (Lipinski definition) is 2. The maximum absolute atomic E-state index is 12.6. The molecule has 0 unspecified atom stereocenters. The lowest BCUT2D eigenvalue weighted by Crippen LogP contribution is -2.31. The molecule has 0 saturated carbocycles. The predicted molar refractivity (Wildman–Crippen MR) is 114 cm³/mol. The van der Waals surface area contributed by atoms with Gasteiger partial charge >= 0.3 is 0 Å². The summed E-state index contributed by atoms with van der Waals surface area (Å²) in [6.07, 6.45) is 0. The molecule has 6 heteroatoms. The molecule has 0 bridgehead atoms. The fraction of sp³-hybridized carbons (Fsp3) is 0.130. The number of benzene rings is 3. The van der Waals surface area contributed by atoms with Gasteiger partial charge < -0.3 is 15.4 Å². The second-order valence-corrected chi connectivity index (χ2v) is 6.89. The fourth-order valence-electron chi connectivity index (χ4n) is 2.78. The quantitative estimate of drug-likeness (QED) is 0.587. The van der Waals surface area contributed by atoms with Gasteiger partial charge in [-0.2, -0.15) is 0 Å². The van der Waals surface area contributed by atoms with Crippen LogP contribution in [0.3, 0.4) is 0 Å². The van der Waals surface area contributed by atoms with Gasteiger partial charge in [-0.25, -0.2) is 0 Å². The van der Waals surface area contributed by atoms with Crippen molar-refractivity contribution in [2.45, 2.75) is 13.0 Å². The molecule has 0 radical (unpaired) electrons. The number of para-hydroxylation sites is 1. The third-order valence-electron chi connectivity index (χ3n) is 4.25. The van der Waals surface area contributed by atoms with Crippen molar-refractivity contribution in [3.8, 4) is 5.75 Å². The van der Waals surface area contributed by atoms with E-state index in [1.54, 1.807) is 24.3 Å². The lowest BCUT2D eigenvalue weighted by atomic mass is 10.1. The van der Waals surface area contributed by atoms with E-state index in [9.17, 15) is 9.59 Å². The molecule has 0 aliphatic carbocycles. The summed E-state index contributed by atoms with van der Waals surface area (Å²) in [7, 11) is 0. The molecule has 0 fully saturated rings. The number of rotatable bonds is 7. The number of carbonyl (C=O) groups excluding carboxylic acids is 2. The standard InChI is InChI=1S/C23H21ClN2O3/c1-16(17-8-4-2-5-9-17)25-22(27)15-29-21-13-12-18(24)14-20(21)23(28)26-19-10-6-3-7-11-19/h2-14,16H,15H2,1H3,(H,25,27)(H,26,28)/t16-/m1/s1. The molecule has 0 spiro atoms. The van der Waals surface area contributed by atoms with Crippen LogP contribution in [0.2, 0.25) is 5.02 Å². The Bertz CT molecular complexity index is 978. The summed E-state index contributed by atoms with van der Waals surface area (Å²) in [5, 5.41) is 6.07. The Balaban J connectivity index is 1.64. The molecule has 3 rings (SSSR count). The van der Waals surface area contributed by atoms with Gasteiger partial charge in [0.1, 0.15) is 5.75 Å². The summed E-state index contributed by atoms with van der Waals surface area (Å²) >= 11 is 6.05. The monoisotopic (exact) mass is 408 g/mol. The zero-order chi connectivity index (χ0) is 20.6. The van der Waals surface area contributed by atoms with Crippen molar-refractivity contribution < 1.29 is 14.3 Å². The number of nitrogens with one attached hydrogen (secondary N) is 2. The van der Waals surface area contributed by atoms with Crippen molar-refractivity contribution in [2.24, 2.45) is 0 Å². The van der Waals surface area contributed by atoms with Gasteiger partial charge in [0, 0.05) is 10.7 Å². The van der Waals surface area contributed by atoms with Gasteiger partial charge in [0.15, 0.2) is 6.61 Å². The normalized spacial score (nSPS) is 11.4. The summed E-state index contributed by atoms with van der Waals surface area (Å²) < 4.78 is 5.62. The van der Waals surface area contributed by atoms with Crippen molar-refractivity contribution in [3.63, 3.8) is 0 Å². The molecular formula is C23H21ClN2O3. The van der Waals surface area contributed by atoms with E-state index in [1.165, 1.54) is 6.07 Å². The molecule has 2 N–H and O–H groups in total. The lowest BCUT2D eigenvalue weighted by Gasteiger charge is -2.16. The van der Waals surface area contributed by atoms with Crippen molar-refractivity contribution in [1.29, 1.82) is 0 Å². The summed E-state index contributed by atoms with van der Waals surface area (Å²) in [5.74, 6) is -0.372. The topological polar surface area (TPSA) is 67.4 Å². The van der Waals surface area contributed by atoms with Crippen LogP contribution in [-0.4, -0.2) is 18.4 Å². The van der Waals surface area contributed by atoms with Crippen molar-refractivity contribution in [3.05, 3.63) is 95.0 Å². The molecule has 148 valence electrons. The second-order valence-electron chi connectivity index (χ2n) is 6.45. The summed E-state index contributed by atoms with van der Waals surface area (Å²) in [5.41, 5.74) is 1.90. The fourth-order valence-corrected chi connectivity index (χ4v) is 2.95. The molecule has 0 aliphatic heterocycles. The Hall–Kier alpha value is -3.31. The minimum absolute atomic E-state index is 0.154. The molecule has 1 atom stereocenters. The molecule has 29 heavy (non-hydrogen) atoms. The molecular weight excluding hydrogens is 388 g/mol. The van der Waals surface area contributed by atoms with Gasteiger partial charge in [-0.1, -0.05) is 60.1 Å². The van der Waals surface area contributed by atoms with Gasteiger partial charge in [0.2, 0.25) is 0 Å². The first kappa shape index (κ1) is 20.4. The average Bonchev–Trinajstić information content (AvgIpc) is 2.74. The van der Waals surface area contributed by atoms with E-state index in [1.807, 2.05) is 55.5 Å². The molecule has 0 heterocycles. The summed E-state index contributed by atoms with van der Waals surface area (Å²) in [4.78, 5) is 24.9. The van der Waals surface area contributed by atoms with E-state index in [0.717, 1.165) is 5.56 Å². The number of hydrogen-bond acceptors (Lipinski definition) is 3. The van der Waals surface area contributed by atoms with E-state index in [0.29, 0.717) is 10.7 Å². The Morgan fingerprint density at radius 2 is 1.62 bits per heavy atom. The van der Waals surface area contributed by atoms with Crippen LogP contribution in [-0.2, 0) is 4.79 Å². The van der Waals surface area contributed by atoms with Crippen LogP contribution in [0.4, 0.5) is 5.69 Å². The zero-order valence-electron chi connectivity index (χ0n) is 15.9. The van der Waals surface area contributed by atoms with Crippen molar-refractivity contribution >= 4 is 29.1 Å². The largest absolute Gasteiger partial charge is 0.483 e. The van der Waals surface area contributed by atoms with Gasteiger partial charge in [-0.05, 0) is 42.8 Å². The molecule has 2 amide bonds. The van der Waals surface area contributed by atoms with E-state index in [4.69, 9.17) is 16.3 Å². The van der Waals surface area contributed by atoms with Gasteiger partial charge in [-0.3, -0.25) is 9.59 Å². The molecule has 0 aliphatic rings. The minimum atomic E-state index is -0.369. The first-order valence-electron chi connectivity index (χ1n) is 9.16. The Kier molecular flexibility index (Phi) is 6.87. The Labute approximate surface area is 174 Å². The first-order valence-corrected chi connectivity index (χ1v) is 9.54. The zero-order valence-corrected chi connectivity index (χ0v) is 16.6. The minimum Gasteiger partial charge on any atom is -0.483 e. The van der Waals surface area contributed by atoms with Crippen molar-refractivity contribution in [1.82, 2.24) is 5.32 Å². The van der Waals surface area contributed by atoms with Crippen LogP contribution in [0.15, 0.2) is 78.9 Å². The van der Waals surface area contributed by atoms with Crippen LogP contribution in [0.1, 0.15) is 28.9 Å². The lowest BCUT2D eigenvalue weighted by molar-refractivity contribution is -0.123. The Morgan fingerprint density at radius 1 is 0.966 bits per heavy atom. The highest BCUT2D eigenvalue weighted by atomic mass is 35.5. The number of anilines is 1. The van der Waals surface area contributed by atoms with Gasteiger partial charge in [0.25, 0.3) is 11.8 Å². The Morgan fingerprint density at radius 3 is 2.31 bits per heavy atom. The van der Waals surface area contributed by atoms with Crippen LogP contribution in [0.25, 0.3) is 0 Å². The smallest absolute Gasteiger partial charge is 0.259 e. The van der Waals surface area contributed by atoms with E-state index < -0.39 is 0 Å². The average molecular weight is 409 g/mol. The van der Waals surface area contributed by atoms with Gasteiger partial charge in [0.05, 0.1) is 11.6 Å². The highest BCUT2D eigenvalue weighted by Crippen LogP contribution is 2.24. The number of ether oxygens (including phenoxy) is 1. The maximum Gasteiger partial charge on any atom is 0.259 e. The molecule has 0 saturated heterocycles. The van der Waals surface area contributed by atoms with Crippen LogP contribution in [0, 0.1) is 0 Å². The molecule has 3 aromatic rings. The molecule has 0 aromatic heterocycles. The molecule has 3 aromatic carbocycles. The van der Waals surface area contributed by atoms with E-state index in [2.05, 4.69) is 10.6 Å². The molecule has 5 nitrogen and oxygen atoms in total. The van der Waals surface area contributed by atoms with Crippen LogP contribution in [0.5, 0.6) is 5.75 Å². The third kappa shape index (κ3) is 5.83. The first-order chi connectivity index (χ1) is 14.0. The van der Waals surface area contributed by atoms with Crippen LogP contribution >= 0.6 is 11.6 Å². The van der Waals surface area contributed by atoms with Crippen molar-refractivity contribution in [2.75, 3.05) is 11.9 Å². The predicted octanol–water partition coefficient (Wildman–Crippen LogP) is 4.85. The number of carbonyl (C=O) groups is 2. The van der Waals surface area contributed by atoms with E-state index >= 15 is 0 Å². The third-order valence-corrected chi connectivity index (χ3v) is 4.49. The second kappa shape index (κ2) is 9.75. The SMILES string of the molecule is C[C@@H](NC(=O)COc1ccc(Cl)cc1C(=O)Nc1ccccc1)c1ccccc1. The van der Waals surface area contributed by atoms with E-state index in [-0.39, 0.29) is 35.8 Å². The highest BCUT2D eigenvalue weighted by Gasteiger charge is 2.16. The highest BCUT2D eigenvalue weighted by molar-refractivity contribution is 6.31. The summed E-state index contributed by atoms with van der Waals surface area (Å²) in [6.45, 7) is 1.68. The number of halogens is 1. The number of amides is 2.